The van der Waals surface area contributed by atoms with Gasteiger partial charge >= 0.3 is 0 Å². The highest BCUT2D eigenvalue weighted by molar-refractivity contribution is 5.98. The van der Waals surface area contributed by atoms with Gasteiger partial charge in [-0.05, 0) is 43.9 Å². The lowest BCUT2D eigenvalue weighted by Gasteiger charge is -2.29. The number of carbonyl (C=O) groups is 1. The first kappa shape index (κ1) is 18.5. The lowest BCUT2D eigenvalue weighted by atomic mass is 9.82. The third-order valence-corrected chi connectivity index (χ3v) is 6.19. The van der Waals surface area contributed by atoms with E-state index in [0.717, 1.165) is 47.7 Å². The zero-order chi connectivity index (χ0) is 20.7. The fraction of sp³-hybridized carbons (Fsp3) is 0.304. The van der Waals surface area contributed by atoms with Crippen molar-refractivity contribution in [1.82, 2.24) is 25.3 Å². The van der Waals surface area contributed by atoms with Crippen LogP contribution in [0.1, 0.15) is 47.7 Å². The molecular formula is C23H23N5O2. The number of aromatic nitrogens is 4. The predicted molar refractivity (Wildman–Crippen MR) is 116 cm³/mol. The molecule has 1 fully saturated rings. The molecule has 1 aliphatic carbocycles. The number of benzene rings is 2. The Labute approximate surface area is 173 Å². The highest BCUT2D eigenvalue weighted by Gasteiger charge is 2.26. The fourth-order valence-electron chi connectivity index (χ4n) is 4.51. The molecule has 2 aromatic carbocycles. The minimum absolute atomic E-state index is 0.0471. The molecule has 0 aliphatic heterocycles. The van der Waals surface area contributed by atoms with E-state index in [0.29, 0.717) is 10.9 Å². The second-order valence-electron chi connectivity index (χ2n) is 8.05. The standard InChI is InChI=1S/C23H23N5O2/c1-28-20-12-15(6-7-16(20)13-24-28)22(29)25-17-10-8-14(9-11-17)21-18-4-2-3-5-19(18)23(30)27-26-21/h2-7,12-14,17H,8-11H2,1H3,(H,25,29)(H,27,30)/t14-,17-. The Morgan fingerprint density at radius 3 is 2.67 bits per heavy atom. The minimum Gasteiger partial charge on any atom is -0.349 e. The summed E-state index contributed by atoms with van der Waals surface area (Å²) >= 11 is 0. The van der Waals surface area contributed by atoms with E-state index in [2.05, 4.69) is 20.6 Å². The van der Waals surface area contributed by atoms with Crippen LogP contribution in [0.3, 0.4) is 0 Å². The number of H-pyrrole nitrogens is 1. The van der Waals surface area contributed by atoms with Gasteiger partial charge in [0.1, 0.15) is 0 Å². The van der Waals surface area contributed by atoms with E-state index in [1.807, 2.05) is 49.5 Å². The quantitative estimate of drug-likeness (QED) is 0.551. The van der Waals surface area contributed by atoms with Crippen molar-refractivity contribution in [2.45, 2.75) is 37.6 Å². The number of aryl methyl sites for hydroxylation is 1. The van der Waals surface area contributed by atoms with E-state index in [1.54, 1.807) is 10.9 Å². The molecule has 1 aliphatic rings. The van der Waals surface area contributed by atoms with Gasteiger partial charge in [-0.1, -0.05) is 24.3 Å². The monoisotopic (exact) mass is 401 g/mol. The number of aromatic amines is 1. The maximum absolute atomic E-state index is 12.8. The van der Waals surface area contributed by atoms with Gasteiger partial charge in [0.2, 0.25) is 0 Å². The van der Waals surface area contributed by atoms with Crippen molar-refractivity contribution in [3.8, 4) is 0 Å². The summed E-state index contributed by atoms with van der Waals surface area (Å²) in [6.07, 6.45) is 5.43. The molecule has 0 atom stereocenters. The van der Waals surface area contributed by atoms with Gasteiger partial charge in [0.15, 0.2) is 0 Å². The molecule has 152 valence electrons. The number of nitrogens with one attached hydrogen (secondary N) is 2. The van der Waals surface area contributed by atoms with Crippen molar-refractivity contribution < 1.29 is 4.79 Å². The van der Waals surface area contributed by atoms with E-state index in [9.17, 15) is 9.59 Å². The summed E-state index contributed by atoms with van der Waals surface area (Å²) in [4.78, 5) is 24.8. The Morgan fingerprint density at radius 2 is 1.87 bits per heavy atom. The molecule has 0 radical (unpaired) electrons. The van der Waals surface area contributed by atoms with Crippen molar-refractivity contribution in [2.24, 2.45) is 7.05 Å². The van der Waals surface area contributed by atoms with Crippen molar-refractivity contribution in [1.29, 1.82) is 0 Å². The van der Waals surface area contributed by atoms with Crippen molar-refractivity contribution in [3.63, 3.8) is 0 Å². The molecule has 2 N–H and O–H groups in total. The van der Waals surface area contributed by atoms with E-state index < -0.39 is 0 Å². The summed E-state index contributed by atoms with van der Waals surface area (Å²) in [5, 5.41) is 17.1. The maximum Gasteiger partial charge on any atom is 0.272 e. The number of nitrogens with zero attached hydrogens (tertiary/aromatic N) is 3. The third kappa shape index (κ3) is 3.26. The van der Waals surface area contributed by atoms with Gasteiger partial charge in [-0.2, -0.15) is 10.2 Å². The van der Waals surface area contributed by atoms with Gasteiger partial charge in [-0.15, -0.1) is 0 Å². The van der Waals surface area contributed by atoms with Crippen molar-refractivity contribution in [2.75, 3.05) is 0 Å². The molecule has 5 rings (SSSR count). The topological polar surface area (TPSA) is 92.7 Å². The highest BCUT2D eigenvalue weighted by atomic mass is 16.1. The number of hydrogen-bond acceptors (Lipinski definition) is 4. The van der Waals surface area contributed by atoms with Crippen LogP contribution in [0.5, 0.6) is 0 Å². The van der Waals surface area contributed by atoms with Crippen LogP contribution in [0.25, 0.3) is 21.7 Å². The zero-order valence-electron chi connectivity index (χ0n) is 16.8. The Balaban J connectivity index is 1.28. The lowest BCUT2D eigenvalue weighted by molar-refractivity contribution is 0.0926. The fourth-order valence-corrected chi connectivity index (χ4v) is 4.51. The van der Waals surface area contributed by atoms with Crippen LogP contribution >= 0.6 is 0 Å². The molecule has 7 heteroatoms. The van der Waals surface area contributed by atoms with Crippen molar-refractivity contribution in [3.05, 3.63) is 70.3 Å². The zero-order valence-corrected chi connectivity index (χ0v) is 16.8. The largest absolute Gasteiger partial charge is 0.349 e. The molecule has 2 aromatic heterocycles. The van der Waals surface area contributed by atoms with Crippen molar-refractivity contribution >= 4 is 27.6 Å². The number of amides is 1. The smallest absolute Gasteiger partial charge is 0.272 e. The van der Waals surface area contributed by atoms with E-state index >= 15 is 0 Å². The molecule has 30 heavy (non-hydrogen) atoms. The Morgan fingerprint density at radius 1 is 1.10 bits per heavy atom. The summed E-state index contributed by atoms with van der Waals surface area (Å²) in [6.45, 7) is 0. The van der Waals surface area contributed by atoms with Crippen LogP contribution in [0, 0.1) is 0 Å². The molecule has 2 heterocycles. The number of fused-ring (bicyclic) bond motifs is 2. The Kier molecular flexibility index (Phi) is 4.58. The first-order chi connectivity index (χ1) is 14.6. The molecule has 4 aromatic rings. The first-order valence-corrected chi connectivity index (χ1v) is 10.3. The van der Waals surface area contributed by atoms with E-state index in [-0.39, 0.29) is 23.4 Å². The Bertz CT molecular complexity index is 1300. The maximum atomic E-state index is 12.8. The normalized spacial score (nSPS) is 19.2. The van der Waals surface area contributed by atoms with E-state index in [4.69, 9.17) is 0 Å². The molecule has 0 spiro atoms. The van der Waals surface area contributed by atoms with Crippen LogP contribution < -0.4 is 10.9 Å². The predicted octanol–water partition coefficient (Wildman–Crippen LogP) is 3.27. The molecule has 7 nitrogen and oxygen atoms in total. The summed E-state index contributed by atoms with van der Waals surface area (Å²) in [6, 6.07) is 13.4. The van der Waals surface area contributed by atoms with Crippen LogP contribution in [-0.4, -0.2) is 31.9 Å². The van der Waals surface area contributed by atoms with Gasteiger partial charge < -0.3 is 5.32 Å². The van der Waals surface area contributed by atoms with Crippen LogP contribution in [-0.2, 0) is 7.05 Å². The summed E-state index contributed by atoms with van der Waals surface area (Å²) in [5.41, 5.74) is 2.40. The molecule has 1 amide bonds. The van der Waals surface area contributed by atoms with Gasteiger partial charge in [-0.3, -0.25) is 14.3 Å². The van der Waals surface area contributed by atoms with Crippen LogP contribution in [0.15, 0.2) is 53.5 Å². The molecule has 0 unspecified atom stereocenters. The summed E-state index contributed by atoms with van der Waals surface area (Å²) < 4.78 is 1.78. The van der Waals surface area contributed by atoms with Gasteiger partial charge in [-0.25, -0.2) is 5.10 Å². The second-order valence-corrected chi connectivity index (χ2v) is 8.05. The molecule has 0 bridgehead atoms. The third-order valence-electron chi connectivity index (χ3n) is 6.19. The minimum atomic E-state index is -0.152. The van der Waals surface area contributed by atoms with Crippen LogP contribution in [0.2, 0.25) is 0 Å². The second kappa shape index (κ2) is 7.40. The SMILES string of the molecule is Cn1ncc2ccc(C(=O)N[C@H]3CC[C@H](c4n[nH]c(=O)c5ccccc54)CC3)cc21. The van der Waals surface area contributed by atoms with E-state index in [1.165, 1.54) is 0 Å². The number of carbonyl (C=O) groups excluding carboxylic acids is 1. The van der Waals surface area contributed by atoms with Crippen LogP contribution in [0.4, 0.5) is 0 Å². The average Bonchev–Trinajstić information content (AvgIpc) is 3.15. The summed E-state index contributed by atoms with van der Waals surface area (Å²) in [5.74, 6) is 0.236. The number of hydrogen-bond donors (Lipinski definition) is 2. The molecule has 0 saturated heterocycles. The first-order valence-electron chi connectivity index (χ1n) is 10.3. The van der Waals surface area contributed by atoms with Gasteiger partial charge in [0.25, 0.3) is 11.5 Å². The van der Waals surface area contributed by atoms with Gasteiger partial charge in [0.05, 0.1) is 22.8 Å². The summed E-state index contributed by atoms with van der Waals surface area (Å²) in [7, 11) is 1.87. The molecular weight excluding hydrogens is 378 g/mol. The molecule has 1 saturated carbocycles. The highest BCUT2D eigenvalue weighted by Crippen LogP contribution is 2.34. The number of rotatable bonds is 3. The Hall–Kier alpha value is -3.48. The lowest BCUT2D eigenvalue weighted by Crippen LogP contribution is -2.37. The average molecular weight is 401 g/mol. The van der Waals surface area contributed by atoms with Gasteiger partial charge in [0, 0.05) is 35.3 Å².